The highest BCUT2D eigenvalue weighted by atomic mass is 19.1. The first-order chi connectivity index (χ1) is 8.10. The maximum absolute atomic E-state index is 13.1. The average molecular weight is 230 g/mol. The van der Waals surface area contributed by atoms with Crippen molar-refractivity contribution < 1.29 is 4.39 Å². The van der Waals surface area contributed by atoms with Crippen molar-refractivity contribution in [2.24, 2.45) is 0 Å². The number of benzene rings is 1. The fourth-order valence-corrected chi connectivity index (χ4v) is 1.64. The van der Waals surface area contributed by atoms with Gasteiger partial charge in [-0.05, 0) is 31.5 Å². The van der Waals surface area contributed by atoms with Gasteiger partial charge in [0.2, 0.25) is 0 Å². The molecule has 86 valence electrons. The third kappa shape index (κ3) is 2.31. The first-order valence-corrected chi connectivity index (χ1v) is 5.16. The summed E-state index contributed by atoms with van der Waals surface area (Å²) in [5, 5.41) is 13.0. The van der Waals surface area contributed by atoms with E-state index in [0.29, 0.717) is 12.4 Å². The standard InChI is InChI=1S/C12H11FN4/c1-8-15-9(2)17(16-8)7-10-3-4-12(13)11(5-10)6-14/h3-5H,7H2,1-2H3. The topological polar surface area (TPSA) is 54.5 Å². The normalized spacial score (nSPS) is 10.2. The fourth-order valence-electron chi connectivity index (χ4n) is 1.64. The van der Waals surface area contributed by atoms with Crippen LogP contribution in [0.1, 0.15) is 22.8 Å². The molecule has 0 unspecified atom stereocenters. The van der Waals surface area contributed by atoms with Crippen molar-refractivity contribution in [1.82, 2.24) is 14.8 Å². The number of hydrogen-bond donors (Lipinski definition) is 0. The minimum Gasteiger partial charge on any atom is -0.246 e. The lowest BCUT2D eigenvalue weighted by atomic mass is 10.1. The SMILES string of the molecule is Cc1nc(C)n(Cc2ccc(F)c(C#N)c2)n1. The summed E-state index contributed by atoms with van der Waals surface area (Å²) in [4.78, 5) is 4.18. The molecule has 0 saturated carbocycles. The first-order valence-electron chi connectivity index (χ1n) is 5.16. The van der Waals surface area contributed by atoms with Gasteiger partial charge in [-0.25, -0.2) is 14.1 Å². The third-order valence-corrected chi connectivity index (χ3v) is 2.45. The molecular formula is C12H11FN4. The number of aryl methyl sites for hydroxylation is 2. The molecule has 0 aliphatic heterocycles. The largest absolute Gasteiger partial charge is 0.246 e. The summed E-state index contributed by atoms with van der Waals surface area (Å²) in [5.74, 6) is 0.998. The molecule has 1 heterocycles. The van der Waals surface area contributed by atoms with Crippen LogP contribution in [0.15, 0.2) is 18.2 Å². The van der Waals surface area contributed by atoms with Crippen LogP contribution in [0.2, 0.25) is 0 Å². The van der Waals surface area contributed by atoms with E-state index in [-0.39, 0.29) is 5.56 Å². The quantitative estimate of drug-likeness (QED) is 0.792. The van der Waals surface area contributed by atoms with E-state index in [1.165, 1.54) is 12.1 Å². The van der Waals surface area contributed by atoms with Crippen molar-refractivity contribution in [1.29, 1.82) is 5.26 Å². The summed E-state index contributed by atoms with van der Waals surface area (Å²) < 4.78 is 14.9. The molecule has 0 bridgehead atoms. The van der Waals surface area contributed by atoms with E-state index in [4.69, 9.17) is 5.26 Å². The second kappa shape index (κ2) is 4.34. The Morgan fingerprint density at radius 3 is 2.76 bits per heavy atom. The Balaban J connectivity index is 2.31. The summed E-state index contributed by atoms with van der Waals surface area (Å²) in [7, 11) is 0. The van der Waals surface area contributed by atoms with Crippen molar-refractivity contribution in [3.8, 4) is 6.07 Å². The monoisotopic (exact) mass is 230 g/mol. The minimum atomic E-state index is -0.497. The lowest BCUT2D eigenvalue weighted by molar-refractivity contribution is 0.618. The van der Waals surface area contributed by atoms with E-state index >= 15 is 0 Å². The molecular weight excluding hydrogens is 219 g/mol. The predicted octanol–water partition coefficient (Wildman–Crippen LogP) is 1.95. The highest BCUT2D eigenvalue weighted by Gasteiger charge is 2.06. The second-order valence-electron chi connectivity index (χ2n) is 3.79. The first kappa shape index (κ1) is 11.3. The molecule has 1 aromatic heterocycles. The molecule has 4 nitrogen and oxygen atoms in total. The molecule has 0 radical (unpaired) electrons. The van der Waals surface area contributed by atoms with Crippen LogP contribution < -0.4 is 0 Å². The van der Waals surface area contributed by atoms with Crippen molar-refractivity contribution in [3.63, 3.8) is 0 Å². The highest BCUT2D eigenvalue weighted by molar-refractivity contribution is 5.34. The van der Waals surface area contributed by atoms with Crippen LogP contribution in [0.25, 0.3) is 0 Å². The van der Waals surface area contributed by atoms with Crippen LogP contribution in [0.3, 0.4) is 0 Å². The smallest absolute Gasteiger partial charge is 0.147 e. The van der Waals surface area contributed by atoms with E-state index in [1.54, 1.807) is 10.7 Å². The molecule has 2 aromatic rings. The van der Waals surface area contributed by atoms with E-state index in [9.17, 15) is 4.39 Å². The zero-order valence-electron chi connectivity index (χ0n) is 9.61. The number of hydrogen-bond acceptors (Lipinski definition) is 3. The van der Waals surface area contributed by atoms with Gasteiger partial charge in [0, 0.05) is 0 Å². The van der Waals surface area contributed by atoms with Crippen LogP contribution in [-0.2, 0) is 6.54 Å². The lowest BCUT2D eigenvalue weighted by Crippen LogP contribution is -2.04. The van der Waals surface area contributed by atoms with Gasteiger partial charge in [0.1, 0.15) is 23.5 Å². The van der Waals surface area contributed by atoms with E-state index in [2.05, 4.69) is 10.1 Å². The molecule has 5 heteroatoms. The number of aromatic nitrogens is 3. The zero-order valence-corrected chi connectivity index (χ0v) is 9.61. The second-order valence-corrected chi connectivity index (χ2v) is 3.79. The molecule has 0 aliphatic rings. The third-order valence-electron chi connectivity index (χ3n) is 2.45. The maximum Gasteiger partial charge on any atom is 0.147 e. The maximum atomic E-state index is 13.1. The Kier molecular flexibility index (Phi) is 2.88. The molecule has 0 atom stereocenters. The lowest BCUT2D eigenvalue weighted by Gasteiger charge is -2.04. The average Bonchev–Trinajstić information content (AvgIpc) is 2.60. The molecule has 17 heavy (non-hydrogen) atoms. The van der Waals surface area contributed by atoms with Crippen LogP contribution in [-0.4, -0.2) is 14.8 Å². The molecule has 0 spiro atoms. The van der Waals surface area contributed by atoms with Gasteiger partial charge in [0.15, 0.2) is 0 Å². The van der Waals surface area contributed by atoms with Crippen LogP contribution >= 0.6 is 0 Å². The summed E-state index contributed by atoms with van der Waals surface area (Å²) in [6, 6.07) is 6.30. The van der Waals surface area contributed by atoms with Gasteiger partial charge >= 0.3 is 0 Å². The van der Waals surface area contributed by atoms with Gasteiger partial charge in [0.25, 0.3) is 0 Å². The Hall–Kier alpha value is -2.22. The molecule has 0 aliphatic carbocycles. The van der Waals surface area contributed by atoms with Crippen LogP contribution in [0, 0.1) is 31.0 Å². The molecule has 0 saturated heterocycles. The van der Waals surface area contributed by atoms with E-state index in [1.807, 2.05) is 19.9 Å². The Bertz CT molecular complexity index is 595. The van der Waals surface area contributed by atoms with Gasteiger partial charge < -0.3 is 0 Å². The van der Waals surface area contributed by atoms with E-state index < -0.39 is 5.82 Å². The van der Waals surface area contributed by atoms with Gasteiger partial charge in [-0.3, -0.25) is 0 Å². The van der Waals surface area contributed by atoms with Crippen molar-refractivity contribution in [3.05, 3.63) is 46.8 Å². The highest BCUT2D eigenvalue weighted by Crippen LogP contribution is 2.11. The summed E-state index contributed by atoms with van der Waals surface area (Å²) in [5.41, 5.74) is 0.882. The summed E-state index contributed by atoms with van der Waals surface area (Å²) in [6.45, 7) is 4.16. The number of halogens is 1. The zero-order chi connectivity index (χ0) is 12.4. The Morgan fingerprint density at radius 1 is 1.41 bits per heavy atom. The van der Waals surface area contributed by atoms with Gasteiger partial charge in [0.05, 0.1) is 12.1 Å². The molecule has 2 rings (SSSR count). The van der Waals surface area contributed by atoms with Gasteiger partial charge in [-0.1, -0.05) is 6.07 Å². The summed E-state index contributed by atoms with van der Waals surface area (Å²) >= 11 is 0. The minimum absolute atomic E-state index is 0.0528. The summed E-state index contributed by atoms with van der Waals surface area (Å²) in [6.07, 6.45) is 0. The fraction of sp³-hybridized carbons (Fsp3) is 0.250. The molecule has 0 fully saturated rings. The molecule has 0 N–H and O–H groups in total. The number of nitriles is 1. The Morgan fingerprint density at radius 2 is 2.18 bits per heavy atom. The van der Waals surface area contributed by atoms with Crippen LogP contribution in [0.5, 0.6) is 0 Å². The van der Waals surface area contributed by atoms with Gasteiger partial charge in [-0.15, -0.1) is 0 Å². The van der Waals surface area contributed by atoms with Crippen LogP contribution in [0.4, 0.5) is 4.39 Å². The molecule has 0 amide bonds. The van der Waals surface area contributed by atoms with Crippen molar-refractivity contribution in [2.45, 2.75) is 20.4 Å². The molecule has 1 aromatic carbocycles. The number of rotatable bonds is 2. The van der Waals surface area contributed by atoms with E-state index in [0.717, 1.165) is 11.4 Å². The number of nitrogens with zero attached hydrogens (tertiary/aromatic N) is 4. The predicted molar refractivity (Wildman–Crippen MR) is 59.7 cm³/mol. The van der Waals surface area contributed by atoms with Crippen molar-refractivity contribution >= 4 is 0 Å². The van der Waals surface area contributed by atoms with Gasteiger partial charge in [-0.2, -0.15) is 10.4 Å². The van der Waals surface area contributed by atoms with Crippen molar-refractivity contribution in [2.75, 3.05) is 0 Å². The Labute approximate surface area is 98.3 Å².